The first-order chi connectivity index (χ1) is 24.3. The zero-order valence-electron chi connectivity index (χ0n) is 30.1. The van der Waals surface area contributed by atoms with E-state index in [1.165, 1.54) is 24.3 Å². The first-order valence-corrected chi connectivity index (χ1v) is 17.7. The van der Waals surface area contributed by atoms with E-state index in [0.29, 0.717) is 22.3 Å². The van der Waals surface area contributed by atoms with Crippen LogP contribution in [0.25, 0.3) is 0 Å². The highest BCUT2D eigenvalue weighted by Crippen LogP contribution is 2.66. The second kappa shape index (κ2) is 12.8. The highest BCUT2D eigenvalue weighted by molar-refractivity contribution is 6.12. The molecule has 0 heterocycles. The van der Waals surface area contributed by atoms with Crippen molar-refractivity contribution in [3.05, 3.63) is 94.0 Å². The van der Waals surface area contributed by atoms with Gasteiger partial charge >= 0.3 is 0 Å². The lowest BCUT2D eigenvalue weighted by Gasteiger charge is -2.66. The number of amides is 2. The summed E-state index contributed by atoms with van der Waals surface area (Å²) in [6, 6.07) is 16.4. The molecule has 3 aliphatic rings. The SMILES string of the molecule is CC(C)c1cc(NC(=O)c2ccc(C(=O)c3ccccc3)cc2)c(O)c2c1C[C@]1(C)C[C@]3(C)[C@@H](C(C)C)C(O)[C@@H](C(N)=O)C(=O)[C@]3(O)C(O)[C@H]1C2=O. The number of carbonyl (C=O) groups excluding carboxylic acids is 5. The summed E-state index contributed by atoms with van der Waals surface area (Å²) in [6.45, 7) is 10.8. The minimum atomic E-state index is -2.63. The van der Waals surface area contributed by atoms with Crippen molar-refractivity contribution in [2.24, 2.45) is 40.2 Å². The van der Waals surface area contributed by atoms with Crippen molar-refractivity contribution in [1.29, 1.82) is 0 Å². The smallest absolute Gasteiger partial charge is 0.255 e. The third-order valence-corrected chi connectivity index (χ3v) is 12.1. The summed E-state index contributed by atoms with van der Waals surface area (Å²) in [5.41, 5.74) is 2.51. The Labute approximate surface area is 302 Å². The van der Waals surface area contributed by atoms with Crippen LogP contribution in [0.15, 0.2) is 60.7 Å². The van der Waals surface area contributed by atoms with Gasteiger partial charge in [-0.15, -0.1) is 0 Å². The average Bonchev–Trinajstić information content (AvgIpc) is 3.07. The highest BCUT2D eigenvalue weighted by Gasteiger charge is 2.76. The van der Waals surface area contributed by atoms with Gasteiger partial charge in [0.2, 0.25) is 5.91 Å². The number of primary amides is 1. The second-order valence-electron chi connectivity index (χ2n) is 16.1. The number of nitrogens with one attached hydrogen (secondary N) is 1. The fourth-order valence-electron chi connectivity index (χ4n) is 9.96. The second-order valence-corrected chi connectivity index (χ2v) is 16.1. The first kappa shape index (κ1) is 37.1. The molecule has 7 N–H and O–H groups in total. The maximum absolute atomic E-state index is 14.7. The van der Waals surface area contributed by atoms with Gasteiger partial charge in [0, 0.05) is 22.1 Å². The van der Waals surface area contributed by atoms with Crippen LogP contribution in [0.3, 0.4) is 0 Å². The number of hydrogen-bond donors (Lipinski definition) is 6. The number of benzene rings is 3. The van der Waals surface area contributed by atoms with Gasteiger partial charge in [0.1, 0.15) is 17.8 Å². The lowest BCUT2D eigenvalue weighted by atomic mass is 9.39. The monoisotopic (exact) mass is 710 g/mol. The van der Waals surface area contributed by atoms with Crippen molar-refractivity contribution in [3.63, 3.8) is 0 Å². The maximum Gasteiger partial charge on any atom is 0.255 e. The van der Waals surface area contributed by atoms with Gasteiger partial charge in [-0.25, -0.2) is 0 Å². The number of aromatic hydroxyl groups is 1. The van der Waals surface area contributed by atoms with Crippen LogP contribution in [0.1, 0.15) is 102 Å². The van der Waals surface area contributed by atoms with E-state index in [9.17, 15) is 44.4 Å². The average molecular weight is 711 g/mol. The molecule has 2 unspecified atom stereocenters. The Morgan fingerprint density at radius 2 is 1.48 bits per heavy atom. The van der Waals surface area contributed by atoms with Crippen LogP contribution >= 0.6 is 0 Å². The molecule has 3 aromatic rings. The Bertz CT molecular complexity index is 1990. The van der Waals surface area contributed by atoms with Crippen molar-refractivity contribution in [2.45, 2.75) is 78.1 Å². The predicted octanol–water partition coefficient (Wildman–Crippen LogP) is 4.18. The standard InChI is InChI=1S/C41H46N2O9/c1-19(2)24-16-26(43-38(51)23-14-12-22(13-15-23)31(44)21-10-8-7-9-11-21)32(45)27-25(24)17-39(5)18-40(6)29(20(3)4)34(47)28(37(42)50)35(48)41(40,52)36(49)30(39)33(27)46/h7-16,19-20,28-30,34,36,45,47,49,52H,17-18H2,1-6H3,(H2,42,50)(H,43,51)/t28-,29+,30-,34?,36?,39-,40-,41+/m1/s1. The molecule has 0 bridgehead atoms. The number of rotatable bonds is 7. The molecular formula is C41H46N2O9. The number of anilines is 1. The van der Waals surface area contributed by atoms with E-state index >= 15 is 0 Å². The van der Waals surface area contributed by atoms with E-state index in [1.807, 2.05) is 13.8 Å². The van der Waals surface area contributed by atoms with Crippen LogP contribution in [0, 0.1) is 34.5 Å². The lowest BCUT2D eigenvalue weighted by Crippen LogP contribution is -2.79. The largest absolute Gasteiger partial charge is 0.505 e. The van der Waals surface area contributed by atoms with Gasteiger partial charge < -0.3 is 31.5 Å². The highest BCUT2D eigenvalue weighted by atomic mass is 16.4. The van der Waals surface area contributed by atoms with Crippen molar-refractivity contribution in [2.75, 3.05) is 5.32 Å². The molecule has 274 valence electrons. The molecule has 2 fully saturated rings. The van der Waals surface area contributed by atoms with E-state index in [-0.39, 0.29) is 47.3 Å². The van der Waals surface area contributed by atoms with E-state index in [0.717, 1.165) is 0 Å². The van der Waals surface area contributed by atoms with Crippen LogP contribution in [0.2, 0.25) is 0 Å². The summed E-state index contributed by atoms with van der Waals surface area (Å²) in [6.07, 6.45) is -3.34. The maximum atomic E-state index is 14.7. The number of aliphatic hydroxyl groups is 3. The number of phenolic OH excluding ortho intramolecular Hbond substituents is 1. The topological polar surface area (TPSA) is 204 Å². The number of nitrogens with two attached hydrogens (primary N) is 1. The van der Waals surface area contributed by atoms with Gasteiger partial charge in [0.05, 0.1) is 23.3 Å². The Balaban J connectivity index is 1.40. The summed E-state index contributed by atoms with van der Waals surface area (Å²) in [5, 5.41) is 50.3. The molecule has 0 saturated heterocycles. The van der Waals surface area contributed by atoms with Crippen LogP contribution in [-0.2, 0) is 16.0 Å². The molecule has 2 amide bonds. The number of aliphatic hydroxyl groups excluding tert-OH is 2. The summed E-state index contributed by atoms with van der Waals surface area (Å²) < 4.78 is 0. The van der Waals surface area contributed by atoms with Gasteiger partial charge in [0.25, 0.3) is 5.91 Å². The lowest BCUT2D eigenvalue weighted by molar-refractivity contribution is -0.265. The third-order valence-electron chi connectivity index (χ3n) is 12.1. The molecule has 52 heavy (non-hydrogen) atoms. The molecule has 2 saturated carbocycles. The summed E-state index contributed by atoms with van der Waals surface area (Å²) in [7, 11) is 0. The number of phenols is 1. The van der Waals surface area contributed by atoms with E-state index in [2.05, 4.69) is 5.32 Å². The van der Waals surface area contributed by atoms with Gasteiger partial charge in [-0.05, 0) is 65.3 Å². The molecule has 3 aliphatic carbocycles. The molecule has 11 heteroatoms. The minimum Gasteiger partial charge on any atom is -0.505 e. The molecule has 6 rings (SSSR count). The Kier molecular flexibility index (Phi) is 9.09. The summed E-state index contributed by atoms with van der Waals surface area (Å²) in [5.74, 6) is -8.93. The predicted molar refractivity (Wildman–Crippen MR) is 192 cm³/mol. The van der Waals surface area contributed by atoms with Gasteiger partial charge in [-0.3, -0.25) is 24.0 Å². The zero-order chi connectivity index (χ0) is 38.2. The van der Waals surface area contributed by atoms with Crippen LogP contribution < -0.4 is 11.1 Å². The normalized spacial score (nSPS) is 31.1. The zero-order valence-corrected chi connectivity index (χ0v) is 30.1. The van der Waals surface area contributed by atoms with E-state index in [4.69, 9.17) is 5.73 Å². The molecular weight excluding hydrogens is 664 g/mol. The van der Waals surface area contributed by atoms with Crippen molar-refractivity contribution in [3.8, 4) is 5.75 Å². The Morgan fingerprint density at radius 1 is 0.904 bits per heavy atom. The van der Waals surface area contributed by atoms with Gasteiger partial charge in [-0.2, -0.15) is 0 Å². The van der Waals surface area contributed by atoms with Crippen molar-refractivity contribution < 1.29 is 44.4 Å². The van der Waals surface area contributed by atoms with E-state index < -0.39 is 75.5 Å². The summed E-state index contributed by atoms with van der Waals surface area (Å²) in [4.78, 5) is 67.6. The number of Topliss-reactive ketones (excluding diaryl/α,β-unsaturated/α-hetero) is 2. The quantitative estimate of drug-likeness (QED) is 0.118. The number of hydrogen-bond acceptors (Lipinski definition) is 9. The summed E-state index contributed by atoms with van der Waals surface area (Å²) >= 11 is 0. The van der Waals surface area contributed by atoms with Gasteiger partial charge in [0.15, 0.2) is 23.0 Å². The molecule has 8 atom stereocenters. The van der Waals surface area contributed by atoms with E-state index in [1.54, 1.807) is 64.1 Å². The molecule has 0 aliphatic heterocycles. The minimum absolute atomic E-state index is 0.0279. The van der Waals surface area contributed by atoms with Crippen LogP contribution in [0.4, 0.5) is 5.69 Å². The third kappa shape index (κ3) is 5.31. The molecule has 3 aromatic carbocycles. The fourth-order valence-corrected chi connectivity index (χ4v) is 9.96. The van der Waals surface area contributed by atoms with Gasteiger partial charge in [-0.1, -0.05) is 84.0 Å². The van der Waals surface area contributed by atoms with Crippen LogP contribution in [-0.4, -0.2) is 67.4 Å². The Hall–Kier alpha value is -4.71. The van der Waals surface area contributed by atoms with Crippen molar-refractivity contribution in [1.82, 2.24) is 0 Å². The van der Waals surface area contributed by atoms with Crippen molar-refractivity contribution >= 4 is 34.9 Å². The number of ketones is 3. The molecule has 0 radical (unpaired) electrons. The van der Waals surface area contributed by atoms with Crippen LogP contribution in [0.5, 0.6) is 5.75 Å². The molecule has 0 spiro atoms. The number of fused-ring (bicyclic) bond motifs is 3. The molecule has 0 aromatic heterocycles. The fraction of sp³-hybridized carbons (Fsp3) is 0.439. The Morgan fingerprint density at radius 3 is 2.04 bits per heavy atom. The molecule has 11 nitrogen and oxygen atoms in total. The number of carbonyl (C=O) groups is 5. The first-order valence-electron chi connectivity index (χ1n) is 17.7.